The van der Waals surface area contributed by atoms with Gasteiger partial charge in [0.25, 0.3) is 0 Å². The molecule has 4 heteroatoms. The Kier molecular flexibility index (Phi) is 3.96. The number of rotatable bonds is 3. The van der Waals surface area contributed by atoms with E-state index in [9.17, 15) is 4.79 Å². The van der Waals surface area contributed by atoms with Crippen LogP contribution in [0.15, 0.2) is 0 Å². The molecular weight excluding hydrogens is 238 g/mol. The first-order valence-corrected chi connectivity index (χ1v) is 7.98. The van der Waals surface area contributed by atoms with Gasteiger partial charge in [-0.15, -0.1) is 0 Å². The third kappa shape index (κ3) is 2.73. The summed E-state index contributed by atoms with van der Waals surface area (Å²) in [5.41, 5.74) is 0. The molecule has 0 aromatic rings. The van der Waals surface area contributed by atoms with Gasteiger partial charge in [0, 0.05) is 20.1 Å². The zero-order valence-electron chi connectivity index (χ0n) is 12.1. The quantitative estimate of drug-likeness (QED) is 0.846. The van der Waals surface area contributed by atoms with Gasteiger partial charge in [0.05, 0.1) is 6.04 Å². The molecular formula is C15H27N3O. The van der Waals surface area contributed by atoms with Crippen molar-refractivity contribution < 1.29 is 4.79 Å². The largest absolute Gasteiger partial charge is 0.323 e. The summed E-state index contributed by atoms with van der Waals surface area (Å²) in [5.74, 6) is 1.41. The number of likely N-dealkylation sites (N-methyl/N-ethyl adjacent to an activating group) is 1. The highest BCUT2D eigenvalue weighted by Crippen LogP contribution is 2.32. The predicted octanol–water partition coefficient (Wildman–Crippen LogP) is 1.91. The molecule has 0 aromatic carbocycles. The van der Waals surface area contributed by atoms with E-state index in [1.165, 1.54) is 38.5 Å². The van der Waals surface area contributed by atoms with Gasteiger partial charge in [0.1, 0.15) is 0 Å². The van der Waals surface area contributed by atoms with Crippen LogP contribution in [-0.2, 0) is 0 Å². The molecule has 4 nitrogen and oxygen atoms in total. The van der Waals surface area contributed by atoms with Gasteiger partial charge in [0.2, 0.25) is 0 Å². The molecule has 19 heavy (non-hydrogen) atoms. The van der Waals surface area contributed by atoms with E-state index in [0.717, 1.165) is 32.1 Å². The lowest BCUT2D eigenvalue weighted by molar-refractivity contribution is 0.178. The minimum Gasteiger partial charge on any atom is -0.323 e. The standard InChI is InChI=1S/C15H27N3O/c1-17-14(13-5-3-2-4-6-13)11-18(15(17)19)10-12-7-8-16-9-12/h12-14,16H,2-11H2,1H3. The van der Waals surface area contributed by atoms with E-state index >= 15 is 0 Å². The fraction of sp³-hybridized carbons (Fsp3) is 0.933. The number of hydrogen-bond acceptors (Lipinski definition) is 2. The van der Waals surface area contributed by atoms with Crippen LogP contribution in [-0.4, -0.2) is 55.1 Å². The Labute approximate surface area is 116 Å². The average molecular weight is 265 g/mol. The number of amides is 2. The Morgan fingerprint density at radius 2 is 2.00 bits per heavy atom. The Morgan fingerprint density at radius 3 is 2.68 bits per heavy atom. The van der Waals surface area contributed by atoms with Gasteiger partial charge in [-0.25, -0.2) is 4.79 Å². The molecule has 0 spiro atoms. The molecule has 0 aromatic heterocycles. The molecule has 2 amide bonds. The Morgan fingerprint density at radius 1 is 1.21 bits per heavy atom. The maximum atomic E-state index is 12.4. The summed E-state index contributed by atoms with van der Waals surface area (Å²) >= 11 is 0. The highest BCUT2D eigenvalue weighted by Gasteiger charge is 2.40. The van der Waals surface area contributed by atoms with Crippen LogP contribution in [0.1, 0.15) is 38.5 Å². The van der Waals surface area contributed by atoms with Gasteiger partial charge in [-0.05, 0) is 44.2 Å². The van der Waals surface area contributed by atoms with Crippen molar-refractivity contribution in [2.45, 2.75) is 44.6 Å². The van der Waals surface area contributed by atoms with E-state index in [2.05, 4.69) is 10.2 Å². The summed E-state index contributed by atoms with van der Waals surface area (Å²) in [6, 6.07) is 0.740. The molecule has 2 saturated heterocycles. The average Bonchev–Trinajstić information content (AvgIpc) is 3.04. The van der Waals surface area contributed by atoms with Crippen LogP contribution in [0, 0.1) is 11.8 Å². The van der Waals surface area contributed by atoms with Crippen molar-refractivity contribution in [1.29, 1.82) is 0 Å². The van der Waals surface area contributed by atoms with Crippen molar-refractivity contribution in [1.82, 2.24) is 15.1 Å². The molecule has 108 valence electrons. The summed E-state index contributed by atoms with van der Waals surface area (Å²) < 4.78 is 0. The smallest absolute Gasteiger partial charge is 0.320 e. The Bertz CT molecular complexity index is 321. The Balaban J connectivity index is 1.59. The maximum absolute atomic E-state index is 12.4. The number of carbonyl (C=O) groups excluding carboxylic acids is 1. The Hall–Kier alpha value is -0.770. The fourth-order valence-corrected chi connectivity index (χ4v) is 4.11. The summed E-state index contributed by atoms with van der Waals surface area (Å²) in [6.45, 7) is 4.13. The first-order chi connectivity index (χ1) is 9.25. The lowest BCUT2D eigenvalue weighted by atomic mass is 9.83. The van der Waals surface area contributed by atoms with Gasteiger partial charge >= 0.3 is 6.03 Å². The topological polar surface area (TPSA) is 35.6 Å². The van der Waals surface area contributed by atoms with Crippen molar-refractivity contribution in [3.8, 4) is 0 Å². The minimum atomic E-state index is 0.266. The van der Waals surface area contributed by atoms with E-state index in [1.807, 2.05) is 11.9 Å². The van der Waals surface area contributed by atoms with Crippen LogP contribution in [0.5, 0.6) is 0 Å². The van der Waals surface area contributed by atoms with Crippen molar-refractivity contribution in [2.24, 2.45) is 11.8 Å². The lowest BCUT2D eigenvalue weighted by Gasteiger charge is -2.30. The molecule has 2 atom stereocenters. The number of urea groups is 1. The van der Waals surface area contributed by atoms with Crippen LogP contribution in [0.2, 0.25) is 0 Å². The van der Waals surface area contributed by atoms with Crippen molar-refractivity contribution in [3.05, 3.63) is 0 Å². The number of hydrogen-bond donors (Lipinski definition) is 1. The third-order valence-electron chi connectivity index (χ3n) is 5.31. The van der Waals surface area contributed by atoms with E-state index in [1.54, 1.807) is 0 Å². The normalized spacial score (nSPS) is 33.4. The van der Waals surface area contributed by atoms with E-state index < -0.39 is 0 Å². The van der Waals surface area contributed by atoms with Crippen molar-refractivity contribution in [2.75, 3.05) is 33.2 Å². The predicted molar refractivity (Wildman–Crippen MR) is 76.1 cm³/mol. The molecule has 3 rings (SSSR count). The summed E-state index contributed by atoms with van der Waals surface area (Å²) in [5, 5.41) is 3.40. The molecule has 0 radical (unpaired) electrons. The molecule has 2 aliphatic heterocycles. The maximum Gasteiger partial charge on any atom is 0.320 e. The van der Waals surface area contributed by atoms with Crippen LogP contribution in [0.3, 0.4) is 0 Å². The summed E-state index contributed by atoms with van der Waals surface area (Å²) in [7, 11) is 2.01. The zero-order valence-corrected chi connectivity index (χ0v) is 12.1. The van der Waals surface area contributed by atoms with E-state index in [4.69, 9.17) is 0 Å². The van der Waals surface area contributed by atoms with Crippen LogP contribution in [0.25, 0.3) is 0 Å². The van der Waals surface area contributed by atoms with Crippen LogP contribution < -0.4 is 5.32 Å². The molecule has 2 unspecified atom stereocenters. The van der Waals surface area contributed by atoms with E-state index in [-0.39, 0.29) is 6.03 Å². The summed E-state index contributed by atoms with van der Waals surface area (Å²) in [4.78, 5) is 16.5. The molecule has 3 aliphatic rings. The lowest BCUT2D eigenvalue weighted by Crippen LogP contribution is -2.37. The molecule has 1 N–H and O–H groups in total. The molecule has 1 aliphatic carbocycles. The number of carbonyl (C=O) groups is 1. The van der Waals surface area contributed by atoms with Crippen LogP contribution in [0.4, 0.5) is 4.79 Å². The van der Waals surface area contributed by atoms with Gasteiger partial charge < -0.3 is 15.1 Å². The van der Waals surface area contributed by atoms with Crippen molar-refractivity contribution in [3.63, 3.8) is 0 Å². The third-order valence-corrected chi connectivity index (χ3v) is 5.31. The van der Waals surface area contributed by atoms with Gasteiger partial charge in [-0.2, -0.15) is 0 Å². The SMILES string of the molecule is CN1C(=O)N(CC2CCNC2)CC1C1CCCCC1. The van der Waals surface area contributed by atoms with Crippen LogP contribution >= 0.6 is 0 Å². The van der Waals surface area contributed by atoms with Gasteiger partial charge in [-0.3, -0.25) is 0 Å². The first kappa shape index (κ1) is 13.2. The minimum absolute atomic E-state index is 0.266. The molecule has 1 saturated carbocycles. The second-order valence-electron chi connectivity index (χ2n) is 6.62. The highest BCUT2D eigenvalue weighted by atomic mass is 16.2. The molecule has 0 bridgehead atoms. The number of nitrogens with zero attached hydrogens (tertiary/aromatic N) is 2. The second-order valence-corrected chi connectivity index (χ2v) is 6.62. The molecule has 2 heterocycles. The molecule has 3 fully saturated rings. The highest BCUT2D eigenvalue weighted by molar-refractivity contribution is 5.77. The second kappa shape index (κ2) is 5.70. The number of nitrogens with one attached hydrogen (secondary N) is 1. The van der Waals surface area contributed by atoms with Gasteiger partial charge in [0.15, 0.2) is 0 Å². The first-order valence-electron chi connectivity index (χ1n) is 7.98. The van der Waals surface area contributed by atoms with Gasteiger partial charge in [-0.1, -0.05) is 19.3 Å². The van der Waals surface area contributed by atoms with Crippen molar-refractivity contribution >= 4 is 6.03 Å². The fourth-order valence-electron chi connectivity index (χ4n) is 4.11. The summed E-state index contributed by atoms with van der Waals surface area (Å²) in [6.07, 6.45) is 7.97. The van der Waals surface area contributed by atoms with E-state index in [0.29, 0.717) is 12.0 Å². The zero-order chi connectivity index (χ0) is 13.2. The monoisotopic (exact) mass is 265 g/mol.